The highest BCUT2D eigenvalue weighted by atomic mass is 79.9. The van der Waals surface area contributed by atoms with E-state index in [1.165, 1.54) is 0 Å². The molecule has 4 nitrogen and oxygen atoms in total. The summed E-state index contributed by atoms with van der Waals surface area (Å²) in [4.78, 5) is 11.8. The number of alkyl halides is 3. The van der Waals surface area contributed by atoms with Gasteiger partial charge >= 0.3 is 5.97 Å². The van der Waals surface area contributed by atoms with E-state index in [4.69, 9.17) is 14.2 Å². The minimum absolute atomic E-state index is 0.0365. The van der Waals surface area contributed by atoms with Crippen LogP contribution in [0.25, 0.3) is 0 Å². The van der Waals surface area contributed by atoms with E-state index in [0.717, 1.165) is 6.42 Å². The second-order valence-electron chi connectivity index (χ2n) is 7.26. The first-order chi connectivity index (χ1) is 13.3. The number of hydrogen-bond acceptors (Lipinski definition) is 4. The van der Waals surface area contributed by atoms with Crippen molar-refractivity contribution in [3.8, 4) is 0 Å². The van der Waals surface area contributed by atoms with Crippen LogP contribution in [0.4, 0.5) is 8.78 Å². The Hall–Kier alpha value is -1.05. The lowest BCUT2D eigenvalue weighted by Gasteiger charge is -2.14. The van der Waals surface area contributed by atoms with Crippen LogP contribution in [0.2, 0.25) is 0 Å². The minimum Gasteiger partial charge on any atom is -0.429 e. The van der Waals surface area contributed by atoms with Gasteiger partial charge in [-0.05, 0) is 25.0 Å². The van der Waals surface area contributed by atoms with Crippen molar-refractivity contribution < 1.29 is 27.8 Å². The quantitative estimate of drug-likeness (QED) is 0.441. The summed E-state index contributed by atoms with van der Waals surface area (Å²) in [5, 5.41) is -0.382. The van der Waals surface area contributed by atoms with Gasteiger partial charge in [-0.2, -0.15) is 0 Å². The Labute approximate surface area is 174 Å². The first-order valence-electron chi connectivity index (χ1n) is 9.79. The summed E-state index contributed by atoms with van der Waals surface area (Å²) >= 11 is 3.13. The highest BCUT2D eigenvalue weighted by molar-refractivity contribution is 9.09. The number of ether oxygens (including phenoxy) is 3. The van der Waals surface area contributed by atoms with E-state index in [0.29, 0.717) is 12.0 Å². The third kappa shape index (κ3) is 5.51. The monoisotopic (exact) mass is 462 g/mol. The lowest BCUT2D eigenvalue weighted by atomic mass is 10.0. The lowest BCUT2D eigenvalue weighted by molar-refractivity contribution is -0.121. The van der Waals surface area contributed by atoms with Crippen molar-refractivity contribution in [2.24, 2.45) is 11.8 Å². The fraction of sp³-hybridized carbons (Fsp3) is 0.667. The van der Waals surface area contributed by atoms with Gasteiger partial charge in [0.05, 0.1) is 17.8 Å². The molecule has 0 amide bonds. The third-order valence-electron chi connectivity index (χ3n) is 5.34. The van der Waals surface area contributed by atoms with E-state index in [-0.39, 0.29) is 29.1 Å². The number of benzene rings is 1. The van der Waals surface area contributed by atoms with Gasteiger partial charge in [0.1, 0.15) is 11.2 Å². The van der Waals surface area contributed by atoms with Crippen molar-refractivity contribution in [2.75, 3.05) is 0 Å². The summed E-state index contributed by atoms with van der Waals surface area (Å²) in [6, 6.07) is 8.53. The average molecular weight is 463 g/mol. The maximum absolute atomic E-state index is 13.9. The molecule has 0 bridgehead atoms. The van der Waals surface area contributed by atoms with Crippen LogP contribution in [0.5, 0.6) is 0 Å². The van der Waals surface area contributed by atoms with E-state index < -0.39 is 24.6 Å². The first-order valence-corrected chi connectivity index (χ1v) is 10.7. The number of esters is 1. The number of carbonyl (C=O) groups excluding carboxylic acids is 1. The lowest BCUT2D eigenvalue weighted by Crippen LogP contribution is -2.26. The molecule has 2 aliphatic rings. The average Bonchev–Trinajstić information content (AvgIpc) is 3.13. The second kappa shape index (κ2) is 10.6. The van der Waals surface area contributed by atoms with Crippen LogP contribution >= 0.6 is 15.9 Å². The zero-order valence-electron chi connectivity index (χ0n) is 16.7. The molecule has 2 aliphatic heterocycles. The van der Waals surface area contributed by atoms with Crippen LogP contribution in [0.1, 0.15) is 50.9 Å². The zero-order chi connectivity index (χ0) is 20.8. The molecule has 8 atom stereocenters. The van der Waals surface area contributed by atoms with Crippen LogP contribution in [-0.2, 0) is 14.2 Å². The summed E-state index contributed by atoms with van der Waals surface area (Å²) < 4.78 is 42.6. The van der Waals surface area contributed by atoms with Crippen LogP contribution < -0.4 is 0 Å². The zero-order valence-corrected chi connectivity index (χ0v) is 18.3. The van der Waals surface area contributed by atoms with E-state index in [2.05, 4.69) is 15.9 Å². The predicted octanol–water partition coefficient (Wildman–Crippen LogP) is 5.44. The Morgan fingerprint density at radius 3 is 1.96 bits per heavy atom. The topological polar surface area (TPSA) is 44.8 Å². The molecule has 0 saturated carbocycles. The van der Waals surface area contributed by atoms with Crippen LogP contribution in [-0.4, -0.2) is 41.8 Å². The van der Waals surface area contributed by atoms with Gasteiger partial charge in [0.15, 0.2) is 6.17 Å². The molecule has 0 radical (unpaired) electrons. The van der Waals surface area contributed by atoms with Crippen molar-refractivity contribution in [2.45, 2.75) is 76.4 Å². The Morgan fingerprint density at radius 1 is 1.00 bits per heavy atom. The molecule has 2 fully saturated rings. The van der Waals surface area contributed by atoms with Crippen molar-refractivity contribution in [3.63, 3.8) is 0 Å². The van der Waals surface area contributed by atoms with Gasteiger partial charge in [-0.15, -0.1) is 0 Å². The number of halogens is 3. The van der Waals surface area contributed by atoms with Gasteiger partial charge in [0.25, 0.3) is 0 Å². The predicted molar refractivity (Wildman–Crippen MR) is 107 cm³/mol. The smallest absolute Gasteiger partial charge is 0.340 e. The minimum atomic E-state index is -1.26. The molecule has 158 valence electrons. The maximum atomic E-state index is 13.9. The van der Waals surface area contributed by atoms with Gasteiger partial charge < -0.3 is 14.2 Å². The normalized spacial score (nSPS) is 37.2. The molecule has 1 aromatic rings. The fourth-order valence-electron chi connectivity index (χ4n) is 3.41. The highest BCUT2D eigenvalue weighted by Crippen LogP contribution is 2.34. The molecule has 0 spiro atoms. The van der Waals surface area contributed by atoms with Crippen LogP contribution in [0.3, 0.4) is 0 Å². The Morgan fingerprint density at radius 2 is 1.54 bits per heavy atom. The van der Waals surface area contributed by atoms with Gasteiger partial charge in [-0.3, -0.25) is 0 Å². The Bertz CT molecular complexity index is 618. The van der Waals surface area contributed by atoms with Gasteiger partial charge in [-0.1, -0.05) is 61.8 Å². The van der Waals surface area contributed by atoms with Crippen molar-refractivity contribution in [1.82, 2.24) is 0 Å². The Kier molecular flexibility index (Phi) is 8.83. The van der Waals surface area contributed by atoms with Gasteiger partial charge in [0, 0.05) is 11.8 Å². The molecule has 0 aromatic heterocycles. The van der Waals surface area contributed by atoms with Crippen molar-refractivity contribution in [1.29, 1.82) is 0 Å². The van der Waals surface area contributed by atoms with Crippen molar-refractivity contribution in [3.05, 3.63) is 35.9 Å². The van der Waals surface area contributed by atoms with Crippen LogP contribution in [0, 0.1) is 11.8 Å². The molecule has 1 aromatic carbocycles. The molecule has 28 heavy (non-hydrogen) atoms. The fourth-order valence-corrected chi connectivity index (χ4v) is 4.17. The molecule has 2 heterocycles. The van der Waals surface area contributed by atoms with Gasteiger partial charge in [0.2, 0.25) is 6.29 Å². The molecular formula is C21H29BrF2O4. The summed E-state index contributed by atoms with van der Waals surface area (Å²) in [5.74, 6) is -0.759. The largest absolute Gasteiger partial charge is 0.429 e. The van der Waals surface area contributed by atoms with Gasteiger partial charge in [-0.25, -0.2) is 13.6 Å². The van der Waals surface area contributed by atoms with E-state index in [1.54, 1.807) is 37.3 Å². The number of rotatable bonds is 4. The number of hydrogen-bond donors (Lipinski definition) is 0. The summed E-state index contributed by atoms with van der Waals surface area (Å²) in [5.41, 5.74) is 0.404. The Balaban J connectivity index is 0.000000237. The summed E-state index contributed by atoms with van der Waals surface area (Å²) in [7, 11) is 0. The number of carbonyl (C=O) groups is 1. The third-order valence-corrected chi connectivity index (χ3v) is 6.06. The first kappa shape index (κ1) is 23.2. The SMILES string of the molecule is CC[C@H]1OC(Br)[C@@H](F)[C@@H]1C.CC[C@H]1OC(OC(=O)c2ccccc2)[C@@H](F)[C@@H]1C. The standard InChI is InChI=1S/C14H17FO3.C7H12BrFO/c1-3-11-9(2)12(15)14(17-11)18-13(16)10-7-5-4-6-8-10;1-3-5-4(2)6(9)7(8)10-5/h4-9,11-12,14H,3H2,1-2H3;4-7H,3H2,1-2H3/t9-,11-,12+,14?;4-,5-,6+,7?/m11/s1. The van der Waals surface area contributed by atoms with E-state index in [9.17, 15) is 13.6 Å². The van der Waals surface area contributed by atoms with E-state index >= 15 is 0 Å². The summed E-state index contributed by atoms with van der Waals surface area (Å²) in [6.07, 6.45) is -1.68. The highest BCUT2D eigenvalue weighted by Gasteiger charge is 2.43. The van der Waals surface area contributed by atoms with Crippen LogP contribution in [0.15, 0.2) is 30.3 Å². The molecule has 2 unspecified atom stereocenters. The molecule has 0 N–H and O–H groups in total. The second-order valence-corrected chi connectivity index (χ2v) is 8.17. The molecule has 3 rings (SSSR count). The maximum Gasteiger partial charge on any atom is 0.340 e. The molecule has 0 aliphatic carbocycles. The van der Waals surface area contributed by atoms with E-state index in [1.807, 2.05) is 20.8 Å². The molecular weight excluding hydrogens is 434 g/mol. The summed E-state index contributed by atoms with van der Waals surface area (Å²) in [6.45, 7) is 7.60. The molecule has 2 saturated heterocycles. The molecule has 7 heteroatoms. The van der Waals surface area contributed by atoms with Crippen molar-refractivity contribution >= 4 is 21.9 Å².